The normalized spacial score (nSPS) is 13.3. The van der Waals surface area contributed by atoms with Crippen molar-refractivity contribution >= 4 is 17.6 Å². The topological polar surface area (TPSA) is 67.2 Å². The van der Waals surface area contributed by atoms with Crippen LogP contribution in [0.25, 0.3) is 0 Å². The zero-order chi connectivity index (χ0) is 19.5. The van der Waals surface area contributed by atoms with Gasteiger partial charge in [-0.2, -0.15) is 5.10 Å². The maximum absolute atomic E-state index is 12.9. The van der Waals surface area contributed by atoms with Gasteiger partial charge in [0.05, 0.1) is 19.3 Å². The maximum Gasteiger partial charge on any atom is 0.251 e. The van der Waals surface area contributed by atoms with Gasteiger partial charge in [-0.1, -0.05) is 24.3 Å². The summed E-state index contributed by atoms with van der Waals surface area (Å²) < 4.78 is 14.7. The predicted octanol–water partition coefficient (Wildman–Crippen LogP) is 2.89. The van der Waals surface area contributed by atoms with E-state index in [-0.39, 0.29) is 17.6 Å². The van der Waals surface area contributed by atoms with Crippen molar-refractivity contribution in [3.8, 4) is 0 Å². The number of benzene rings is 2. The van der Waals surface area contributed by atoms with Crippen LogP contribution in [0.15, 0.2) is 60.8 Å². The summed E-state index contributed by atoms with van der Waals surface area (Å²) in [6, 6.07) is 15.0. The van der Waals surface area contributed by atoms with Gasteiger partial charge in [0.1, 0.15) is 11.6 Å². The molecule has 0 radical (unpaired) electrons. The number of hydrogen-bond donors (Lipinski definition) is 1. The molecule has 0 aliphatic carbocycles. The summed E-state index contributed by atoms with van der Waals surface area (Å²) in [5, 5.41) is 7.03. The lowest BCUT2D eigenvalue weighted by molar-refractivity contribution is -0.119. The zero-order valence-corrected chi connectivity index (χ0v) is 15.1. The third-order valence-electron chi connectivity index (χ3n) is 4.73. The van der Waals surface area contributed by atoms with Crippen molar-refractivity contribution in [2.75, 3.05) is 4.90 Å². The van der Waals surface area contributed by atoms with Crippen LogP contribution in [0.1, 0.15) is 27.9 Å². The Morgan fingerprint density at radius 1 is 1.04 bits per heavy atom. The average molecular weight is 378 g/mol. The minimum Gasteiger partial charge on any atom is -0.348 e. The number of nitrogens with one attached hydrogen (secondary N) is 1. The predicted molar refractivity (Wildman–Crippen MR) is 102 cm³/mol. The van der Waals surface area contributed by atoms with Crippen LogP contribution < -0.4 is 10.2 Å². The highest BCUT2D eigenvalue weighted by Crippen LogP contribution is 2.23. The molecule has 0 saturated heterocycles. The first-order valence-electron chi connectivity index (χ1n) is 9.04. The van der Waals surface area contributed by atoms with Crippen molar-refractivity contribution in [3.63, 3.8) is 0 Å². The molecule has 0 saturated carbocycles. The van der Waals surface area contributed by atoms with Crippen LogP contribution in [-0.2, 0) is 24.4 Å². The van der Waals surface area contributed by atoms with Crippen molar-refractivity contribution in [2.24, 2.45) is 0 Å². The SMILES string of the molecule is O=C(NCc1ccc(F)cc1)c1ccc(CN2C(=O)CCn3nccc32)cc1. The van der Waals surface area contributed by atoms with Crippen LogP contribution in [0.4, 0.5) is 10.2 Å². The van der Waals surface area contributed by atoms with Crippen LogP contribution in [0.5, 0.6) is 0 Å². The molecule has 1 N–H and O–H groups in total. The third-order valence-corrected chi connectivity index (χ3v) is 4.73. The molecular formula is C21H19FN4O2. The molecule has 2 amide bonds. The Hall–Kier alpha value is -3.48. The number of anilines is 1. The maximum atomic E-state index is 12.9. The van der Waals surface area contributed by atoms with Crippen LogP contribution in [0, 0.1) is 5.82 Å². The van der Waals surface area contributed by atoms with Gasteiger partial charge in [0, 0.05) is 24.6 Å². The minimum atomic E-state index is -0.305. The van der Waals surface area contributed by atoms with Crippen molar-refractivity contribution in [3.05, 3.63) is 83.3 Å². The van der Waals surface area contributed by atoms with Gasteiger partial charge in [-0.25, -0.2) is 9.07 Å². The van der Waals surface area contributed by atoms with Crippen LogP contribution in [0.3, 0.4) is 0 Å². The van der Waals surface area contributed by atoms with Crippen molar-refractivity contribution in [1.82, 2.24) is 15.1 Å². The summed E-state index contributed by atoms with van der Waals surface area (Å²) in [7, 11) is 0. The van der Waals surface area contributed by atoms with E-state index < -0.39 is 0 Å². The Balaban J connectivity index is 1.39. The van der Waals surface area contributed by atoms with E-state index in [1.165, 1.54) is 12.1 Å². The van der Waals surface area contributed by atoms with Crippen molar-refractivity contribution < 1.29 is 14.0 Å². The van der Waals surface area contributed by atoms with Gasteiger partial charge >= 0.3 is 0 Å². The summed E-state index contributed by atoms with van der Waals surface area (Å²) in [4.78, 5) is 26.3. The van der Waals surface area contributed by atoms with E-state index in [9.17, 15) is 14.0 Å². The lowest BCUT2D eigenvalue weighted by atomic mass is 10.1. The lowest BCUT2D eigenvalue weighted by Gasteiger charge is -2.27. The van der Waals surface area contributed by atoms with Gasteiger partial charge in [-0.3, -0.25) is 14.5 Å². The molecule has 0 spiro atoms. The first-order chi connectivity index (χ1) is 13.6. The molecule has 0 atom stereocenters. The molecule has 1 aromatic heterocycles. The highest BCUT2D eigenvalue weighted by atomic mass is 19.1. The molecule has 1 aliphatic heterocycles. The van der Waals surface area contributed by atoms with E-state index in [4.69, 9.17) is 0 Å². The van der Waals surface area contributed by atoms with Crippen molar-refractivity contribution in [1.29, 1.82) is 0 Å². The molecule has 28 heavy (non-hydrogen) atoms. The summed E-state index contributed by atoms with van der Waals surface area (Å²) in [5.41, 5.74) is 2.28. The zero-order valence-electron chi connectivity index (χ0n) is 15.1. The molecule has 0 fully saturated rings. The van der Waals surface area contributed by atoms with Gasteiger partial charge in [0.2, 0.25) is 5.91 Å². The van der Waals surface area contributed by atoms with E-state index in [1.807, 2.05) is 22.9 Å². The number of halogens is 1. The van der Waals surface area contributed by atoms with Crippen LogP contribution >= 0.6 is 0 Å². The average Bonchev–Trinajstić information content (AvgIpc) is 3.19. The number of rotatable bonds is 5. The fourth-order valence-corrected chi connectivity index (χ4v) is 3.19. The highest BCUT2D eigenvalue weighted by molar-refractivity contribution is 5.95. The summed E-state index contributed by atoms with van der Waals surface area (Å²) in [6.07, 6.45) is 2.12. The lowest BCUT2D eigenvalue weighted by Crippen LogP contribution is -2.36. The van der Waals surface area contributed by atoms with Gasteiger partial charge in [0.15, 0.2) is 0 Å². The van der Waals surface area contributed by atoms with Gasteiger partial charge in [0.25, 0.3) is 5.91 Å². The second-order valence-electron chi connectivity index (χ2n) is 6.65. The first kappa shape index (κ1) is 17.9. The fraction of sp³-hybridized carbons (Fsp3) is 0.190. The highest BCUT2D eigenvalue weighted by Gasteiger charge is 2.24. The number of carbonyl (C=O) groups is 2. The van der Waals surface area contributed by atoms with Crippen LogP contribution in [0.2, 0.25) is 0 Å². The Morgan fingerprint density at radius 2 is 1.75 bits per heavy atom. The van der Waals surface area contributed by atoms with Gasteiger partial charge in [-0.05, 0) is 35.4 Å². The molecule has 1 aliphatic rings. The molecule has 2 heterocycles. The number of amides is 2. The molecule has 4 rings (SSSR count). The summed E-state index contributed by atoms with van der Waals surface area (Å²) in [5.74, 6) is 0.343. The largest absolute Gasteiger partial charge is 0.348 e. The molecule has 0 unspecified atom stereocenters. The Labute approximate surface area is 161 Å². The number of aromatic nitrogens is 2. The fourth-order valence-electron chi connectivity index (χ4n) is 3.19. The Morgan fingerprint density at radius 3 is 2.50 bits per heavy atom. The number of fused-ring (bicyclic) bond motifs is 1. The second-order valence-corrected chi connectivity index (χ2v) is 6.65. The molecule has 0 bridgehead atoms. The van der Waals surface area contributed by atoms with E-state index in [0.717, 1.165) is 16.9 Å². The molecular weight excluding hydrogens is 359 g/mol. The molecule has 7 heteroatoms. The smallest absolute Gasteiger partial charge is 0.251 e. The number of aryl methyl sites for hydroxylation is 1. The molecule has 2 aromatic carbocycles. The van der Waals surface area contributed by atoms with Gasteiger partial charge < -0.3 is 5.32 Å². The summed E-state index contributed by atoms with van der Waals surface area (Å²) >= 11 is 0. The second kappa shape index (κ2) is 7.64. The molecule has 142 valence electrons. The summed E-state index contributed by atoms with van der Waals surface area (Å²) in [6.45, 7) is 1.36. The third kappa shape index (κ3) is 3.78. The van der Waals surface area contributed by atoms with E-state index in [0.29, 0.717) is 31.6 Å². The monoisotopic (exact) mass is 378 g/mol. The molecule has 6 nitrogen and oxygen atoms in total. The van der Waals surface area contributed by atoms with E-state index >= 15 is 0 Å². The minimum absolute atomic E-state index is 0.0640. The standard InChI is InChI=1S/C21H19FN4O2/c22-18-7-3-15(4-8-18)13-23-21(28)17-5-1-16(2-6-17)14-25-19-9-11-24-26(19)12-10-20(25)27/h1-9,11H,10,12-14H2,(H,23,28). The van der Waals surface area contributed by atoms with Crippen molar-refractivity contribution in [2.45, 2.75) is 26.1 Å². The number of nitrogens with zero attached hydrogens (tertiary/aromatic N) is 3. The van der Waals surface area contributed by atoms with E-state index in [1.54, 1.807) is 35.4 Å². The Bertz CT molecular complexity index is 996. The number of hydrogen-bond acceptors (Lipinski definition) is 3. The van der Waals surface area contributed by atoms with Gasteiger partial charge in [-0.15, -0.1) is 0 Å². The van der Waals surface area contributed by atoms with Crippen LogP contribution in [-0.4, -0.2) is 21.6 Å². The van der Waals surface area contributed by atoms with E-state index in [2.05, 4.69) is 10.4 Å². The molecule has 3 aromatic rings. The number of carbonyl (C=O) groups excluding carboxylic acids is 2. The first-order valence-corrected chi connectivity index (χ1v) is 9.04. The Kier molecular flexibility index (Phi) is 4.89. The quantitative estimate of drug-likeness (QED) is 0.742.